The Kier molecular flexibility index (Phi) is 4.00. The molecule has 0 radical (unpaired) electrons. The summed E-state index contributed by atoms with van der Waals surface area (Å²) >= 11 is 0. The van der Waals surface area contributed by atoms with E-state index in [1.54, 1.807) is 0 Å². The zero-order chi connectivity index (χ0) is 10.7. The SMILES string of the molecule is CC1CCN(C[C@@H]2CC[C@H](CO)O2)CC1. The first-order chi connectivity index (χ1) is 7.28. The van der Waals surface area contributed by atoms with Gasteiger partial charge in [-0.1, -0.05) is 6.92 Å². The number of piperidine rings is 1. The largest absolute Gasteiger partial charge is 0.394 e. The van der Waals surface area contributed by atoms with Gasteiger partial charge in [-0.2, -0.15) is 0 Å². The highest BCUT2D eigenvalue weighted by Gasteiger charge is 2.27. The number of aliphatic hydroxyl groups is 1. The summed E-state index contributed by atoms with van der Waals surface area (Å²) in [6.45, 7) is 6.05. The average molecular weight is 213 g/mol. The van der Waals surface area contributed by atoms with Crippen LogP contribution in [0, 0.1) is 5.92 Å². The third-order valence-electron chi connectivity index (χ3n) is 3.74. The van der Waals surface area contributed by atoms with Gasteiger partial charge in [0.15, 0.2) is 0 Å². The Balaban J connectivity index is 1.69. The topological polar surface area (TPSA) is 32.7 Å². The third-order valence-corrected chi connectivity index (χ3v) is 3.74. The normalized spacial score (nSPS) is 34.8. The van der Waals surface area contributed by atoms with E-state index >= 15 is 0 Å². The van der Waals surface area contributed by atoms with Crippen LogP contribution in [0.1, 0.15) is 32.6 Å². The molecule has 0 bridgehead atoms. The number of nitrogens with zero attached hydrogens (tertiary/aromatic N) is 1. The van der Waals surface area contributed by atoms with E-state index < -0.39 is 0 Å². The zero-order valence-corrected chi connectivity index (χ0v) is 9.69. The Labute approximate surface area is 92.4 Å². The summed E-state index contributed by atoms with van der Waals surface area (Å²) in [4.78, 5) is 2.52. The predicted molar refractivity (Wildman–Crippen MR) is 59.8 cm³/mol. The standard InChI is InChI=1S/C12H23NO2/c1-10-4-6-13(7-5-10)8-11-2-3-12(9-14)15-11/h10-12,14H,2-9H2,1H3/t11-,12+/m0/s1. The van der Waals surface area contributed by atoms with Crippen molar-refractivity contribution >= 4 is 0 Å². The highest BCUT2D eigenvalue weighted by Crippen LogP contribution is 2.22. The average Bonchev–Trinajstić information content (AvgIpc) is 2.69. The molecule has 2 atom stereocenters. The number of rotatable bonds is 3. The van der Waals surface area contributed by atoms with E-state index in [0.717, 1.165) is 25.3 Å². The number of hydrogen-bond acceptors (Lipinski definition) is 3. The molecular formula is C12H23NO2. The lowest BCUT2D eigenvalue weighted by molar-refractivity contribution is -0.00716. The number of likely N-dealkylation sites (tertiary alicyclic amines) is 1. The van der Waals surface area contributed by atoms with Crippen molar-refractivity contribution in [3.8, 4) is 0 Å². The summed E-state index contributed by atoms with van der Waals surface area (Å²) in [7, 11) is 0. The van der Waals surface area contributed by atoms with E-state index in [2.05, 4.69) is 11.8 Å². The van der Waals surface area contributed by atoms with Gasteiger partial charge < -0.3 is 14.7 Å². The van der Waals surface area contributed by atoms with Gasteiger partial charge in [0.2, 0.25) is 0 Å². The highest BCUT2D eigenvalue weighted by molar-refractivity contribution is 4.78. The fraction of sp³-hybridized carbons (Fsp3) is 1.00. The van der Waals surface area contributed by atoms with Crippen LogP contribution in [0.25, 0.3) is 0 Å². The Morgan fingerprint density at radius 2 is 1.80 bits per heavy atom. The van der Waals surface area contributed by atoms with E-state index in [-0.39, 0.29) is 12.7 Å². The van der Waals surface area contributed by atoms with Gasteiger partial charge in [0.1, 0.15) is 0 Å². The van der Waals surface area contributed by atoms with Crippen LogP contribution in [0.4, 0.5) is 0 Å². The van der Waals surface area contributed by atoms with E-state index in [1.807, 2.05) is 0 Å². The lowest BCUT2D eigenvalue weighted by Crippen LogP contribution is -2.38. The van der Waals surface area contributed by atoms with Gasteiger partial charge in [-0.05, 0) is 44.7 Å². The van der Waals surface area contributed by atoms with Gasteiger partial charge in [-0.25, -0.2) is 0 Å². The molecule has 0 aromatic rings. The summed E-state index contributed by atoms with van der Waals surface area (Å²) in [5.41, 5.74) is 0. The summed E-state index contributed by atoms with van der Waals surface area (Å²) in [5.74, 6) is 0.899. The molecule has 88 valence electrons. The molecule has 2 saturated heterocycles. The molecule has 2 fully saturated rings. The lowest BCUT2D eigenvalue weighted by atomic mass is 9.99. The maximum Gasteiger partial charge on any atom is 0.0811 e. The van der Waals surface area contributed by atoms with Crippen molar-refractivity contribution in [2.75, 3.05) is 26.2 Å². The lowest BCUT2D eigenvalue weighted by Gasteiger charge is -2.31. The van der Waals surface area contributed by atoms with E-state index in [1.165, 1.54) is 25.9 Å². The predicted octanol–water partition coefficient (Wildman–Crippen LogP) is 1.26. The van der Waals surface area contributed by atoms with Crippen LogP contribution in [-0.4, -0.2) is 48.5 Å². The summed E-state index contributed by atoms with van der Waals surface area (Å²) in [5, 5.41) is 8.99. The first-order valence-electron chi connectivity index (χ1n) is 6.26. The highest BCUT2D eigenvalue weighted by atomic mass is 16.5. The van der Waals surface area contributed by atoms with Gasteiger partial charge >= 0.3 is 0 Å². The minimum Gasteiger partial charge on any atom is -0.394 e. The van der Waals surface area contributed by atoms with Crippen molar-refractivity contribution < 1.29 is 9.84 Å². The molecule has 2 aliphatic rings. The van der Waals surface area contributed by atoms with Crippen LogP contribution in [0.3, 0.4) is 0 Å². The number of aliphatic hydroxyl groups excluding tert-OH is 1. The third kappa shape index (κ3) is 3.16. The molecule has 2 rings (SSSR count). The van der Waals surface area contributed by atoms with Crippen LogP contribution in [0.15, 0.2) is 0 Å². The molecule has 1 N–H and O–H groups in total. The van der Waals surface area contributed by atoms with Crippen LogP contribution in [0.5, 0.6) is 0 Å². The molecule has 3 nitrogen and oxygen atoms in total. The summed E-state index contributed by atoms with van der Waals surface area (Å²) in [6.07, 6.45) is 5.30. The molecule has 3 heteroatoms. The fourth-order valence-electron chi connectivity index (χ4n) is 2.58. The van der Waals surface area contributed by atoms with Crippen LogP contribution in [0.2, 0.25) is 0 Å². The summed E-state index contributed by atoms with van der Waals surface area (Å²) < 4.78 is 5.75. The molecule has 0 unspecified atom stereocenters. The van der Waals surface area contributed by atoms with Crippen molar-refractivity contribution in [1.29, 1.82) is 0 Å². The van der Waals surface area contributed by atoms with E-state index in [9.17, 15) is 0 Å². The Morgan fingerprint density at radius 1 is 1.13 bits per heavy atom. The maximum atomic E-state index is 8.99. The monoisotopic (exact) mass is 213 g/mol. The minimum absolute atomic E-state index is 0.110. The van der Waals surface area contributed by atoms with Crippen molar-refractivity contribution in [2.24, 2.45) is 5.92 Å². The minimum atomic E-state index is 0.110. The Bertz CT molecular complexity index is 190. The van der Waals surface area contributed by atoms with Gasteiger partial charge in [-0.15, -0.1) is 0 Å². The quantitative estimate of drug-likeness (QED) is 0.766. The van der Waals surface area contributed by atoms with Gasteiger partial charge in [-0.3, -0.25) is 0 Å². The molecule has 2 aliphatic heterocycles. The van der Waals surface area contributed by atoms with Crippen molar-refractivity contribution in [3.63, 3.8) is 0 Å². The zero-order valence-electron chi connectivity index (χ0n) is 9.69. The second-order valence-electron chi connectivity index (χ2n) is 5.12. The first kappa shape index (κ1) is 11.4. The fourth-order valence-corrected chi connectivity index (χ4v) is 2.58. The molecule has 2 heterocycles. The molecule has 0 spiro atoms. The molecular weight excluding hydrogens is 190 g/mol. The van der Waals surface area contributed by atoms with Gasteiger partial charge in [0, 0.05) is 6.54 Å². The Hall–Kier alpha value is -0.120. The molecule has 0 aromatic heterocycles. The van der Waals surface area contributed by atoms with E-state index in [4.69, 9.17) is 9.84 Å². The molecule has 0 saturated carbocycles. The number of ether oxygens (including phenoxy) is 1. The van der Waals surface area contributed by atoms with Gasteiger partial charge in [0.25, 0.3) is 0 Å². The molecule has 15 heavy (non-hydrogen) atoms. The second kappa shape index (κ2) is 5.28. The van der Waals surface area contributed by atoms with Crippen LogP contribution < -0.4 is 0 Å². The molecule has 0 aliphatic carbocycles. The smallest absolute Gasteiger partial charge is 0.0811 e. The first-order valence-corrected chi connectivity index (χ1v) is 6.26. The maximum absolute atomic E-state index is 8.99. The van der Waals surface area contributed by atoms with Crippen molar-refractivity contribution in [2.45, 2.75) is 44.8 Å². The molecule has 0 aromatic carbocycles. The molecule has 0 amide bonds. The number of hydrogen-bond donors (Lipinski definition) is 1. The van der Waals surface area contributed by atoms with Crippen LogP contribution >= 0.6 is 0 Å². The van der Waals surface area contributed by atoms with Crippen molar-refractivity contribution in [3.05, 3.63) is 0 Å². The van der Waals surface area contributed by atoms with E-state index in [0.29, 0.717) is 6.10 Å². The second-order valence-corrected chi connectivity index (χ2v) is 5.12. The van der Waals surface area contributed by atoms with Crippen molar-refractivity contribution in [1.82, 2.24) is 4.90 Å². The Morgan fingerprint density at radius 3 is 2.40 bits per heavy atom. The van der Waals surface area contributed by atoms with Crippen LogP contribution in [-0.2, 0) is 4.74 Å². The summed E-state index contributed by atoms with van der Waals surface area (Å²) in [6, 6.07) is 0. The van der Waals surface area contributed by atoms with Gasteiger partial charge in [0.05, 0.1) is 18.8 Å².